The Morgan fingerprint density at radius 3 is 2.67 bits per heavy atom. The standard InChI is InChI=1S/C10H10FN/c1-8(12)6-7-9-4-2-3-5-10(9)11/h2-5,8H,12H2,1H3. The van der Waals surface area contributed by atoms with Crippen LogP contribution in [0.25, 0.3) is 0 Å². The lowest BCUT2D eigenvalue weighted by atomic mass is 10.2. The molecule has 0 heterocycles. The molecule has 0 radical (unpaired) electrons. The van der Waals surface area contributed by atoms with Crippen LogP contribution in [0.5, 0.6) is 0 Å². The third-order valence-electron chi connectivity index (χ3n) is 1.31. The average molecular weight is 163 g/mol. The zero-order valence-electron chi connectivity index (χ0n) is 6.84. The second-order valence-corrected chi connectivity index (χ2v) is 2.54. The van der Waals surface area contributed by atoms with E-state index < -0.39 is 0 Å². The molecule has 0 saturated carbocycles. The molecule has 0 spiro atoms. The Labute approximate surface area is 71.4 Å². The van der Waals surface area contributed by atoms with E-state index in [2.05, 4.69) is 11.8 Å². The van der Waals surface area contributed by atoms with E-state index in [0.29, 0.717) is 5.56 Å². The first kappa shape index (κ1) is 8.76. The van der Waals surface area contributed by atoms with Crippen molar-refractivity contribution in [2.75, 3.05) is 0 Å². The van der Waals surface area contributed by atoms with Gasteiger partial charge in [-0.3, -0.25) is 0 Å². The van der Waals surface area contributed by atoms with Gasteiger partial charge in [-0.2, -0.15) is 0 Å². The van der Waals surface area contributed by atoms with Gasteiger partial charge in [0.1, 0.15) is 5.82 Å². The topological polar surface area (TPSA) is 26.0 Å². The van der Waals surface area contributed by atoms with Crippen molar-refractivity contribution in [2.45, 2.75) is 13.0 Å². The van der Waals surface area contributed by atoms with Crippen LogP contribution >= 0.6 is 0 Å². The van der Waals surface area contributed by atoms with E-state index in [1.54, 1.807) is 25.1 Å². The van der Waals surface area contributed by atoms with E-state index in [4.69, 9.17) is 5.73 Å². The van der Waals surface area contributed by atoms with Crippen molar-refractivity contribution in [1.82, 2.24) is 0 Å². The molecule has 1 aromatic rings. The quantitative estimate of drug-likeness (QED) is 0.576. The molecule has 0 aliphatic carbocycles. The third kappa shape index (κ3) is 2.37. The van der Waals surface area contributed by atoms with Crippen molar-refractivity contribution in [3.63, 3.8) is 0 Å². The van der Waals surface area contributed by atoms with Crippen LogP contribution in [-0.2, 0) is 0 Å². The normalized spacial score (nSPS) is 11.6. The third-order valence-corrected chi connectivity index (χ3v) is 1.31. The fraction of sp³-hybridized carbons (Fsp3) is 0.200. The van der Waals surface area contributed by atoms with Crippen LogP contribution in [0.1, 0.15) is 12.5 Å². The molecule has 62 valence electrons. The largest absolute Gasteiger partial charge is 0.318 e. The minimum Gasteiger partial charge on any atom is -0.318 e. The summed E-state index contributed by atoms with van der Waals surface area (Å²) < 4.78 is 12.9. The van der Waals surface area contributed by atoms with E-state index in [1.165, 1.54) is 6.07 Å². The zero-order valence-corrected chi connectivity index (χ0v) is 6.84. The van der Waals surface area contributed by atoms with Gasteiger partial charge >= 0.3 is 0 Å². The molecule has 1 aromatic carbocycles. The second kappa shape index (κ2) is 3.89. The first-order valence-electron chi connectivity index (χ1n) is 3.72. The molecule has 0 aromatic heterocycles. The summed E-state index contributed by atoms with van der Waals surface area (Å²) in [6.45, 7) is 1.76. The first-order valence-corrected chi connectivity index (χ1v) is 3.72. The monoisotopic (exact) mass is 163 g/mol. The van der Waals surface area contributed by atoms with Crippen molar-refractivity contribution < 1.29 is 4.39 Å². The van der Waals surface area contributed by atoms with Gasteiger partial charge in [-0.25, -0.2) is 4.39 Å². The van der Waals surface area contributed by atoms with Gasteiger partial charge < -0.3 is 5.73 Å². The smallest absolute Gasteiger partial charge is 0.138 e. The molecular weight excluding hydrogens is 153 g/mol. The highest BCUT2D eigenvalue weighted by molar-refractivity contribution is 5.35. The van der Waals surface area contributed by atoms with Crippen LogP contribution in [0.4, 0.5) is 4.39 Å². The number of nitrogens with two attached hydrogens (primary N) is 1. The maximum atomic E-state index is 12.9. The van der Waals surface area contributed by atoms with Gasteiger partial charge in [0, 0.05) is 0 Å². The van der Waals surface area contributed by atoms with E-state index in [-0.39, 0.29) is 11.9 Å². The summed E-state index contributed by atoms with van der Waals surface area (Å²) in [5.74, 6) is 5.05. The zero-order chi connectivity index (χ0) is 8.97. The number of hydrogen-bond donors (Lipinski definition) is 1. The van der Waals surface area contributed by atoms with Crippen LogP contribution < -0.4 is 5.73 Å². The van der Waals surface area contributed by atoms with Crippen LogP contribution in [0.15, 0.2) is 24.3 Å². The summed E-state index contributed by atoms with van der Waals surface area (Å²) in [7, 11) is 0. The molecular formula is C10H10FN. The summed E-state index contributed by atoms with van der Waals surface area (Å²) in [5, 5.41) is 0. The highest BCUT2D eigenvalue weighted by Gasteiger charge is 1.94. The molecule has 2 N–H and O–H groups in total. The molecule has 0 saturated heterocycles. The van der Waals surface area contributed by atoms with Gasteiger partial charge in [0.25, 0.3) is 0 Å². The van der Waals surface area contributed by atoms with Gasteiger partial charge in [-0.1, -0.05) is 24.0 Å². The van der Waals surface area contributed by atoms with Crippen molar-refractivity contribution in [3.8, 4) is 11.8 Å². The molecule has 0 amide bonds. The fourth-order valence-electron chi connectivity index (χ4n) is 0.754. The number of rotatable bonds is 0. The molecule has 0 aliphatic rings. The molecule has 1 rings (SSSR count). The highest BCUT2D eigenvalue weighted by Crippen LogP contribution is 2.03. The Balaban J connectivity index is 2.92. The van der Waals surface area contributed by atoms with Gasteiger partial charge in [0.15, 0.2) is 0 Å². The Bertz CT molecular complexity index is 320. The van der Waals surface area contributed by atoms with Crippen molar-refractivity contribution in [1.29, 1.82) is 0 Å². The molecule has 1 nitrogen and oxygen atoms in total. The second-order valence-electron chi connectivity index (χ2n) is 2.54. The Kier molecular flexibility index (Phi) is 2.84. The van der Waals surface area contributed by atoms with Crippen LogP contribution in [-0.4, -0.2) is 6.04 Å². The van der Waals surface area contributed by atoms with E-state index >= 15 is 0 Å². The molecule has 12 heavy (non-hydrogen) atoms. The average Bonchev–Trinajstić information content (AvgIpc) is 2.03. The molecule has 1 unspecified atom stereocenters. The predicted molar refractivity (Wildman–Crippen MR) is 46.9 cm³/mol. The molecule has 0 aliphatic heterocycles. The van der Waals surface area contributed by atoms with Gasteiger partial charge in [0.2, 0.25) is 0 Å². The highest BCUT2D eigenvalue weighted by atomic mass is 19.1. The van der Waals surface area contributed by atoms with Crippen molar-refractivity contribution in [2.24, 2.45) is 5.73 Å². The Morgan fingerprint density at radius 2 is 2.08 bits per heavy atom. The summed E-state index contributed by atoms with van der Waals surface area (Å²) in [6.07, 6.45) is 0. The maximum absolute atomic E-state index is 12.9. The van der Waals surface area contributed by atoms with Crippen molar-refractivity contribution >= 4 is 0 Å². The number of benzene rings is 1. The van der Waals surface area contributed by atoms with Gasteiger partial charge in [0.05, 0.1) is 11.6 Å². The lowest BCUT2D eigenvalue weighted by molar-refractivity contribution is 0.624. The van der Waals surface area contributed by atoms with Crippen LogP contribution in [0, 0.1) is 17.7 Å². The predicted octanol–water partition coefficient (Wildman–Crippen LogP) is 1.52. The molecule has 0 bridgehead atoms. The minimum absolute atomic E-state index is 0.218. The summed E-state index contributed by atoms with van der Waals surface area (Å²) in [6, 6.07) is 6.17. The SMILES string of the molecule is CC(N)C#Cc1ccccc1F. The van der Waals surface area contributed by atoms with Gasteiger partial charge in [-0.15, -0.1) is 0 Å². The summed E-state index contributed by atoms with van der Waals surface area (Å²) in [4.78, 5) is 0. The Hall–Kier alpha value is -1.33. The lowest BCUT2D eigenvalue weighted by Crippen LogP contribution is -2.10. The van der Waals surface area contributed by atoms with E-state index in [9.17, 15) is 4.39 Å². The number of halogens is 1. The fourth-order valence-corrected chi connectivity index (χ4v) is 0.754. The lowest BCUT2D eigenvalue weighted by Gasteiger charge is -1.92. The summed E-state index contributed by atoms with van der Waals surface area (Å²) >= 11 is 0. The maximum Gasteiger partial charge on any atom is 0.138 e. The minimum atomic E-state index is -0.300. The Morgan fingerprint density at radius 1 is 1.42 bits per heavy atom. The van der Waals surface area contributed by atoms with Crippen LogP contribution in [0.2, 0.25) is 0 Å². The van der Waals surface area contributed by atoms with Gasteiger partial charge in [-0.05, 0) is 19.1 Å². The number of hydrogen-bond acceptors (Lipinski definition) is 1. The molecule has 1 atom stereocenters. The van der Waals surface area contributed by atoms with Crippen LogP contribution in [0.3, 0.4) is 0 Å². The van der Waals surface area contributed by atoms with E-state index in [0.717, 1.165) is 0 Å². The molecule has 0 fully saturated rings. The summed E-state index contributed by atoms with van der Waals surface area (Å²) in [5.41, 5.74) is 5.79. The van der Waals surface area contributed by atoms with Crippen molar-refractivity contribution in [3.05, 3.63) is 35.6 Å². The molecule has 2 heteroatoms. The first-order chi connectivity index (χ1) is 5.70. The van der Waals surface area contributed by atoms with E-state index in [1.807, 2.05) is 0 Å².